The van der Waals surface area contributed by atoms with E-state index in [2.05, 4.69) is 127 Å². The number of aryl methyl sites for hydroxylation is 1. The van der Waals surface area contributed by atoms with Crippen molar-refractivity contribution in [2.45, 2.75) is 6.92 Å². The lowest BCUT2D eigenvalue weighted by Gasteiger charge is -2.26. The second kappa shape index (κ2) is 12.7. The van der Waals surface area contributed by atoms with E-state index in [1.54, 1.807) is 14.2 Å². The van der Waals surface area contributed by atoms with Gasteiger partial charge in [-0.15, -0.1) is 0 Å². The Labute approximate surface area is 237 Å². The highest BCUT2D eigenvalue weighted by molar-refractivity contribution is 5.79. The van der Waals surface area contributed by atoms with Crippen LogP contribution in [-0.4, -0.2) is 14.2 Å². The van der Waals surface area contributed by atoms with E-state index < -0.39 is 0 Å². The first-order chi connectivity index (χ1) is 19.6. The van der Waals surface area contributed by atoms with Crippen LogP contribution in [0.2, 0.25) is 0 Å². The molecule has 0 fully saturated rings. The Morgan fingerprint density at radius 3 is 1.35 bits per heavy atom. The molecule has 198 valence electrons. The summed E-state index contributed by atoms with van der Waals surface area (Å²) in [6, 6.07) is 42.0. The first-order valence-electron chi connectivity index (χ1n) is 13.3. The van der Waals surface area contributed by atoms with Crippen LogP contribution < -0.4 is 14.4 Å². The predicted molar refractivity (Wildman–Crippen MR) is 170 cm³/mol. The van der Waals surface area contributed by atoms with Gasteiger partial charge in [-0.25, -0.2) is 0 Å². The Balaban J connectivity index is 1.38. The van der Waals surface area contributed by atoms with Gasteiger partial charge in [0.25, 0.3) is 0 Å². The van der Waals surface area contributed by atoms with Crippen LogP contribution in [0.5, 0.6) is 11.5 Å². The fourth-order valence-electron chi connectivity index (χ4n) is 4.46. The Morgan fingerprint density at radius 2 is 0.875 bits per heavy atom. The Kier molecular flexibility index (Phi) is 8.43. The number of nitrogens with zero attached hydrogens (tertiary/aromatic N) is 1. The summed E-state index contributed by atoms with van der Waals surface area (Å²) in [5.74, 6) is 1.71. The van der Waals surface area contributed by atoms with Crippen molar-refractivity contribution in [2.75, 3.05) is 19.1 Å². The molecule has 0 aliphatic heterocycles. The summed E-state index contributed by atoms with van der Waals surface area (Å²) >= 11 is 0. The summed E-state index contributed by atoms with van der Waals surface area (Å²) in [7, 11) is 3.37. The molecule has 0 spiro atoms. The second-order valence-electron chi connectivity index (χ2n) is 9.57. The maximum absolute atomic E-state index is 5.34. The van der Waals surface area contributed by atoms with Crippen LogP contribution >= 0.6 is 0 Å². The van der Waals surface area contributed by atoms with Crippen LogP contribution in [0.1, 0.15) is 27.8 Å². The molecular weight excluding hydrogens is 490 g/mol. The van der Waals surface area contributed by atoms with Gasteiger partial charge in [-0.2, -0.15) is 0 Å². The molecule has 3 nitrogen and oxygen atoms in total. The van der Waals surface area contributed by atoms with Crippen LogP contribution in [0.3, 0.4) is 0 Å². The summed E-state index contributed by atoms with van der Waals surface area (Å²) in [6.07, 6.45) is 8.47. The maximum Gasteiger partial charge on any atom is 0.119 e. The van der Waals surface area contributed by atoms with Gasteiger partial charge in [0.15, 0.2) is 0 Å². The smallest absolute Gasteiger partial charge is 0.119 e. The zero-order chi connectivity index (χ0) is 27.7. The van der Waals surface area contributed by atoms with Crippen LogP contribution in [0.4, 0.5) is 17.1 Å². The molecule has 5 aromatic carbocycles. The van der Waals surface area contributed by atoms with Crippen molar-refractivity contribution in [3.05, 3.63) is 149 Å². The lowest BCUT2D eigenvalue weighted by molar-refractivity contribution is 0.414. The quantitative estimate of drug-likeness (QED) is 0.179. The largest absolute Gasteiger partial charge is 0.497 e. The average molecular weight is 524 g/mol. The van der Waals surface area contributed by atoms with Crippen LogP contribution in [0.25, 0.3) is 24.3 Å². The molecule has 0 saturated carbocycles. The highest BCUT2D eigenvalue weighted by Gasteiger charge is 2.12. The summed E-state index contributed by atoms with van der Waals surface area (Å²) < 4.78 is 10.6. The third kappa shape index (κ3) is 6.69. The predicted octanol–water partition coefficient (Wildman–Crippen LogP) is 9.82. The van der Waals surface area contributed by atoms with E-state index in [0.717, 1.165) is 50.8 Å². The molecule has 3 heteroatoms. The summed E-state index contributed by atoms with van der Waals surface area (Å²) in [5.41, 5.74) is 9.06. The van der Waals surface area contributed by atoms with E-state index in [9.17, 15) is 0 Å². The zero-order valence-electron chi connectivity index (χ0n) is 23.1. The molecule has 0 heterocycles. The molecule has 0 unspecified atom stereocenters. The Hall–Kier alpha value is -5.02. The molecule has 0 amide bonds. The van der Waals surface area contributed by atoms with Gasteiger partial charge < -0.3 is 14.4 Å². The number of hydrogen-bond acceptors (Lipinski definition) is 3. The first-order valence-corrected chi connectivity index (χ1v) is 13.3. The number of anilines is 3. The van der Waals surface area contributed by atoms with Gasteiger partial charge in [-0.1, -0.05) is 90.5 Å². The molecular formula is C37H33NO2. The second-order valence-corrected chi connectivity index (χ2v) is 9.57. The van der Waals surface area contributed by atoms with Gasteiger partial charge in [-0.05, 0) is 89.8 Å². The molecule has 0 saturated heterocycles. The van der Waals surface area contributed by atoms with Crippen molar-refractivity contribution in [3.8, 4) is 11.5 Å². The van der Waals surface area contributed by atoms with Crippen molar-refractivity contribution >= 4 is 41.4 Å². The minimum Gasteiger partial charge on any atom is -0.497 e. The molecule has 0 aliphatic rings. The van der Waals surface area contributed by atoms with Gasteiger partial charge in [-0.3, -0.25) is 0 Å². The number of ether oxygens (including phenoxy) is 2. The van der Waals surface area contributed by atoms with Gasteiger partial charge >= 0.3 is 0 Å². The van der Waals surface area contributed by atoms with Crippen LogP contribution in [0, 0.1) is 6.92 Å². The average Bonchev–Trinajstić information content (AvgIpc) is 3.01. The SMILES string of the molecule is COc1ccc(/C=C/c2ccc(N(c3ccc(C)cc3)c3ccc(/C=C/c4cccc(OC)c4)cc3)cc2)cc1. The van der Waals surface area contributed by atoms with E-state index in [1.165, 1.54) is 5.56 Å². The molecule has 0 atom stereocenters. The van der Waals surface area contributed by atoms with Crippen molar-refractivity contribution in [2.24, 2.45) is 0 Å². The van der Waals surface area contributed by atoms with Gasteiger partial charge in [0.2, 0.25) is 0 Å². The van der Waals surface area contributed by atoms with Gasteiger partial charge in [0.1, 0.15) is 11.5 Å². The van der Waals surface area contributed by atoms with E-state index in [-0.39, 0.29) is 0 Å². The van der Waals surface area contributed by atoms with E-state index in [4.69, 9.17) is 9.47 Å². The Bertz CT molecular complexity index is 1580. The molecule has 0 radical (unpaired) electrons. The first kappa shape index (κ1) is 26.6. The molecule has 5 rings (SSSR count). The minimum absolute atomic E-state index is 0.855. The zero-order valence-corrected chi connectivity index (χ0v) is 23.1. The van der Waals surface area contributed by atoms with E-state index in [0.29, 0.717) is 0 Å². The lowest BCUT2D eigenvalue weighted by atomic mass is 10.1. The fraction of sp³-hybridized carbons (Fsp3) is 0.0811. The van der Waals surface area contributed by atoms with Crippen molar-refractivity contribution in [1.29, 1.82) is 0 Å². The molecule has 40 heavy (non-hydrogen) atoms. The highest BCUT2D eigenvalue weighted by atomic mass is 16.5. The summed E-state index contributed by atoms with van der Waals surface area (Å²) in [5, 5.41) is 0. The topological polar surface area (TPSA) is 21.7 Å². The minimum atomic E-state index is 0.855. The standard InChI is InChI=1S/C37H33NO2/c1-28-7-19-33(20-8-28)38(34-21-13-29(14-22-34)9-10-31-17-25-36(39-2)26-18-31)35-23-15-30(16-24-35)11-12-32-5-4-6-37(27-32)40-3/h4-27H,1-3H3/b10-9+,12-11+. The number of hydrogen-bond donors (Lipinski definition) is 0. The fourth-order valence-corrected chi connectivity index (χ4v) is 4.46. The normalized spacial score (nSPS) is 11.2. The molecule has 5 aromatic rings. The molecule has 0 N–H and O–H groups in total. The van der Waals surface area contributed by atoms with Gasteiger partial charge in [0.05, 0.1) is 14.2 Å². The number of benzene rings is 5. The monoisotopic (exact) mass is 523 g/mol. The van der Waals surface area contributed by atoms with Crippen molar-refractivity contribution in [3.63, 3.8) is 0 Å². The summed E-state index contributed by atoms with van der Waals surface area (Å²) in [4.78, 5) is 2.28. The molecule has 0 aliphatic carbocycles. The third-order valence-electron chi connectivity index (χ3n) is 6.74. The maximum atomic E-state index is 5.34. The van der Waals surface area contributed by atoms with E-state index in [1.807, 2.05) is 30.3 Å². The Morgan fingerprint density at radius 1 is 0.450 bits per heavy atom. The highest BCUT2D eigenvalue weighted by Crippen LogP contribution is 2.35. The number of methoxy groups -OCH3 is 2. The molecule has 0 aromatic heterocycles. The van der Waals surface area contributed by atoms with Crippen molar-refractivity contribution in [1.82, 2.24) is 0 Å². The molecule has 0 bridgehead atoms. The van der Waals surface area contributed by atoms with Crippen LogP contribution in [-0.2, 0) is 0 Å². The third-order valence-corrected chi connectivity index (χ3v) is 6.74. The van der Waals surface area contributed by atoms with Gasteiger partial charge in [0, 0.05) is 17.1 Å². The lowest BCUT2D eigenvalue weighted by Crippen LogP contribution is -2.09. The van der Waals surface area contributed by atoms with Crippen molar-refractivity contribution < 1.29 is 9.47 Å². The number of rotatable bonds is 9. The van der Waals surface area contributed by atoms with Crippen LogP contribution in [0.15, 0.2) is 121 Å². The van der Waals surface area contributed by atoms with E-state index >= 15 is 0 Å². The summed E-state index contributed by atoms with van der Waals surface area (Å²) in [6.45, 7) is 2.11.